The zero-order chi connectivity index (χ0) is 14.0. The summed E-state index contributed by atoms with van der Waals surface area (Å²) in [5, 5.41) is 0. The van der Waals surface area contributed by atoms with Crippen LogP contribution in [-0.4, -0.2) is 23.9 Å². The summed E-state index contributed by atoms with van der Waals surface area (Å²) in [5.74, 6) is 0.0239. The number of carbonyl (C=O) groups is 1. The van der Waals surface area contributed by atoms with Gasteiger partial charge in [0, 0.05) is 13.1 Å². The van der Waals surface area contributed by atoms with Crippen molar-refractivity contribution in [3.8, 4) is 0 Å². The van der Waals surface area contributed by atoms with Gasteiger partial charge in [-0.2, -0.15) is 0 Å². The Bertz CT molecular complexity index is 456. The average Bonchev–Trinajstić information content (AvgIpc) is 2.44. The molecule has 1 aliphatic rings. The van der Waals surface area contributed by atoms with Crippen LogP contribution in [0, 0.1) is 5.92 Å². The largest absolute Gasteiger partial charge is 0.338 e. The molecule has 0 aliphatic heterocycles. The molecule has 2 N–H and O–H groups in total. The van der Waals surface area contributed by atoms with E-state index >= 15 is 0 Å². The van der Waals surface area contributed by atoms with E-state index in [2.05, 4.69) is 24.3 Å². The van der Waals surface area contributed by atoms with Gasteiger partial charge >= 0.3 is 0 Å². The van der Waals surface area contributed by atoms with Crippen LogP contribution in [-0.2, 0) is 11.2 Å². The molecule has 3 nitrogen and oxygen atoms in total. The summed E-state index contributed by atoms with van der Waals surface area (Å²) in [6.07, 6.45) is 3.31. The van der Waals surface area contributed by atoms with Crippen molar-refractivity contribution >= 4 is 5.91 Å². The van der Waals surface area contributed by atoms with Gasteiger partial charge in [0.2, 0.25) is 5.91 Å². The second kappa shape index (κ2) is 5.74. The van der Waals surface area contributed by atoms with Gasteiger partial charge in [0.05, 0.1) is 12.0 Å². The lowest BCUT2D eigenvalue weighted by Gasteiger charge is -2.35. The molecule has 104 valence electrons. The lowest BCUT2D eigenvalue weighted by atomic mass is 9.86. The van der Waals surface area contributed by atoms with Crippen molar-refractivity contribution < 1.29 is 4.79 Å². The van der Waals surface area contributed by atoms with Crippen molar-refractivity contribution in [3.05, 3.63) is 35.4 Å². The summed E-state index contributed by atoms with van der Waals surface area (Å²) in [6.45, 7) is 3.81. The SMILES string of the molecule is CC(N)C(C)C(=O)N(C)C1CCCc2ccccc21. The molecule has 3 heteroatoms. The Labute approximate surface area is 115 Å². The molecule has 3 unspecified atom stereocenters. The minimum atomic E-state index is -0.126. The molecular weight excluding hydrogens is 236 g/mol. The van der Waals surface area contributed by atoms with E-state index in [1.807, 2.05) is 25.8 Å². The van der Waals surface area contributed by atoms with Crippen LogP contribution in [0.4, 0.5) is 0 Å². The lowest BCUT2D eigenvalue weighted by Crippen LogP contribution is -2.42. The zero-order valence-electron chi connectivity index (χ0n) is 12.1. The number of aryl methyl sites for hydroxylation is 1. The molecule has 1 amide bonds. The smallest absolute Gasteiger partial charge is 0.227 e. The predicted molar refractivity (Wildman–Crippen MR) is 77.7 cm³/mol. The number of hydrogen-bond donors (Lipinski definition) is 1. The van der Waals surface area contributed by atoms with Crippen molar-refractivity contribution in [1.82, 2.24) is 4.90 Å². The quantitative estimate of drug-likeness (QED) is 0.907. The van der Waals surface area contributed by atoms with Crippen LogP contribution in [0.15, 0.2) is 24.3 Å². The summed E-state index contributed by atoms with van der Waals surface area (Å²) in [5.41, 5.74) is 8.54. The van der Waals surface area contributed by atoms with Crippen molar-refractivity contribution in [3.63, 3.8) is 0 Å². The zero-order valence-corrected chi connectivity index (χ0v) is 12.1. The molecule has 0 fully saturated rings. The van der Waals surface area contributed by atoms with Gasteiger partial charge in [-0.15, -0.1) is 0 Å². The molecule has 0 saturated carbocycles. The fourth-order valence-electron chi connectivity index (χ4n) is 2.83. The fourth-order valence-corrected chi connectivity index (χ4v) is 2.83. The van der Waals surface area contributed by atoms with Crippen molar-refractivity contribution in [2.45, 2.75) is 45.2 Å². The van der Waals surface area contributed by atoms with Crippen LogP contribution < -0.4 is 5.73 Å². The predicted octanol–water partition coefficient (Wildman–Crippen LogP) is 2.51. The number of hydrogen-bond acceptors (Lipinski definition) is 2. The monoisotopic (exact) mass is 260 g/mol. The van der Waals surface area contributed by atoms with Gasteiger partial charge in [0.15, 0.2) is 0 Å². The van der Waals surface area contributed by atoms with Crippen molar-refractivity contribution in [2.75, 3.05) is 7.05 Å². The maximum Gasteiger partial charge on any atom is 0.227 e. The Hall–Kier alpha value is -1.35. The molecule has 0 bridgehead atoms. The van der Waals surface area contributed by atoms with E-state index in [9.17, 15) is 4.79 Å². The molecule has 3 atom stereocenters. The highest BCUT2D eigenvalue weighted by atomic mass is 16.2. The van der Waals surface area contributed by atoms with Crippen LogP contribution >= 0.6 is 0 Å². The molecule has 0 aromatic heterocycles. The maximum absolute atomic E-state index is 12.4. The lowest BCUT2D eigenvalue weighted by molar-refractivity contribution is -0.136. The number of fused-ring (bicyclic) bond motifs is 1. The van der Waals surface area contributed by atoms with Crippen molar-refractivity contribution in [1.29, 1.82) is 0 Å². The number of amides is 1. The Morgan fingerprint density at radius 3 is 2.74 bits per heavy atom. The van der Waals surface area contributed by atoms with E-state index in [0.29, 0.717) is 0 Å². The molecule has 2 rings (SSSR count). The van der Waals surface area contributed by atoms with Gasteiger partial charge in [-0.1, -0.05) is 31.2 Å². The number of carbonyl (C=O) groups excluding carboxylic acids is 1. The second-order valence-corrected chi connectivity index (χ2v) is 5.70. The standard InChI is InChI=1S/C16H24N2O/c1-11(12(2)17)16(19)18(3)15-10-6-8-13-7-4-5-9-14(13)15/h4-5,7,9,11-12,15H,6,8,10,17H2,1-3H3. The molecule has 0 saturated heterocycles. The molecule has 1 aromatic carbocycles. The van der Waals surface area contributed by atoms with E-state index in [-0.39, 0.29) is 23.9 Å². The van der Waals surface area contributed by atoms with E-state index in [0.717, 1.165) is 19.3 Å². The molecule has 1 aromatic rings. The van der Waals surface area contributed by atoms with Gasteiger partial charge in [-0.3, -0.25) is 4.79 Å². The third-order valence-corrected chi connectivity index (χ3v) is 4.33. The fraction of sp³-hybridized carbons (Fsp3) is 0.562. The van der Waals surface area contributed by atoms with Gasteiger partial charge in [0.25, 0.3) is 0 Å². The molecule has 0 radical (unpaired) electrons. The minimum Gasteiger partial charge on any atom is -0.338 e. The van der Waals surface area contributed by atoms with Crippen LogP contribution in [0.5, 0.6) is 0 Å². The highest BCUT2D eigenvalue weighted by Gasteiger charge is 2.29. The molecule has 1 aliphatic carbocycles. The number of rotatable bonds is 3. The number of benzene rings is 1. The third-order valence-electron chi connectivity index (χ3n) is 4.33. The Kier molecular flexibility index (Phi) is 4.25. The summed E-state index contributed by atoms with van der Waals surface area (Å²) in [7, 11) is 1.91. The van der Waals surface area contributed by atoms with Gasteiger partial charge in [0.1, 0.15) is 0 Å². The Morgan fingerprint density at radius 1 is 1.37 bits per heavy atom. The van der Waals surface area contributed by atoms with E-state index in [1.54, 1.807) is 0 Å². The van der Waals surface area contributed by atoms with E-state index < -0.39 is 0 Å². The summed E-state index contributed by atoms with van der Waals surface area (Å²) in [6, 6.07) is 8.57. The summed E-state index contributed by atoms with van der Waals surface area (Å²) >= 11 is 0. The molecule has 19 heavy (non-hydrogen) atoms. The van der Waals surface area contributed by atoms with Gasteiger partial charge in [-0.25, -0.2) is 0 Å². The minimum absolute atomic E-state index is 0.103. The van der Waals surface area contributed by atoms with Crippen molar-refractivity contribution in [2.24, 2.45) is 11.7 Å². The van der Waals surface area contributed by atoms with Crippen LogP contribution in [0.3, 0.4) is 0 Å². The maximum atomic E-state index is 12.4. The first-order valence-electron chi connectivity index (χ1n) is 7.12. The van der Waals surface area contributed by atoms with Gasteiger partial charge in [-0.05, 0) is 37.3 Å². The third kappa shape index (κ3) is 2.81. The highest BCUT2D eigenvalue weighted by molar-refractivity contribution is 5.79. The first-order chi connectivity index (χ1) is 9.02. The first-order valence-corrected chi connectivity index (χ1v) is 7.12. The van der Waals surface area contributed by atoms with Crippen LogP contribution in [0.1, 0.15) is 43.9 Å². The summed E-state index contributed by atoms with van der Waals surface area (Å²) < 4.78 is 0. The highest BCUT2D eigenvalue weighted by Crippen LogP contribution is 2.34. The normalized spacial score (nSPS) is 21.4. The summed E-state index contributed by atoms with van der Waals surface area (Å²) in [4.78, 5) is 14.3. The molecule has 0 heterocycles. The van der Waals surface area contributed by atoms with E-state index in [4.69, 9.17) is 5.73 Å². The Balaban J connectivity index is 2.21. The molecular formula is C16H24N2O. The van der Waals surface area contributed by atoms with Crippen LogP contribution in [0.2, 0.25) is 0 Å². The first kappa shape index (κ1) is 14.1. The second-order valence-electron chi connectivity index (χ2n) is 5.70. The number of nitrogens with two attached hydrogens (primary N) is 1. The van der Waals surface area contributed by atoms with Crippen LogP contribution in [0.25, 0.3) is 0 Å². The topological polar surface area (TPSA) is 46.3 Å². The number of nitrogens with zero attached hydrogens (tertiary/aromatic N) is 1. The average molecular weight is 260 g/mol. The Morgan fingerprint density at radius 2 is 2.05 bits per heavy atom. The van der Waals surface area contributed by atoms with Gasteiger partial charge < -0.3 is 10.6 Å². The van der Waals surface area contributed by atoms with E-state index in [1.165, 1.54) is 11.1 Å². The molecule has 0 spiro atoms.